The summed E-state index contributed by atoms with van der Waals surface area (Å²) in [6.07, 6.45) is 0. The fraction of sp³-hybridized carbons (Fsp3) is 0.136. The van der Waals surface area contributed by atoms with Gasteiger partial charge in [0.1, 0.15) is 22.1 Å². The summed E-state index contributed by atoms with van der Waals surface area (Å²) in [5, 5.41) is 2.59. The molecule has 0 aliphatic heterocycles. The number of hydrogen-bond donors (Lipinski definition) is 1. The Hall–Kier alpha value is -3.36. The van der Waals surface area contributed by atoms with Gasteiger partial charge in [0.15, 0.2) is 6.61 Å². The van der Waals surface area contributed by atoms with E-state index in [4.69, 9.17) is 9.47 Å². The molecule has 0 bridgehead atoms. The summed E-state index contributed by atoms with van der Waals surface area (Å²) in [7, 11) is -0.822. The smallest absolute Gasteiger partial charge is 0.262 e. The monoisotopic (exact) mass is 426 g/mol. The lowest BCUT2D eigenvalue weighted by Crippen LogP contribution is -2.25. The Labute approximate surface area is 175 Å². The highest BCUT2D eigenvalue weighted by Gasteiger charge is 2.21. The predicted molar refractivity (Wildman–Crippen MR) is 114 cm³/mol. The van der Waals surface area contributed by atoms with Gasteiger partial charge in [0.25, 0.3) is 5.91 Å². The van der Waals surface area contributed by atoms with Crippen LogP contribution in [-0.2, 0) is 14.8 Å². The number of amides is 1. The van der Waals surface area contributed by atoms with E-state index in [9.17, 15) is 13.2 Å². The van der Waals surface area contributed by atoms with Crippen molar-refractivity contribution in [3.05, 3.63) is 78.9 Å². The summed E-state index contributed by atoms with van der Waals surface area (Å²) in [6, 6.07) is 22.4. The van der Waals surface area contributed by atoms with Crippen LogP contribution in [0.2, 0.25) is 0 Å². The van der Waals surface area contributed by atoms with Crippen LogP contribution in [0.25, 0.3) is 0 Å². The van der Waals surface area contributed by atoms with Crippen LogP contribution in [0.15, 0.2) is 83.8 Å². The highest BCUT2D eigenvalue weighted by molar-refractivity contribution is 7.89. The van der Waals surface area contributed by atoms with Crippen LogP contribution < -0.4 is 14.8 Å². The largest absolute Gasteiger partial charge is 0.484 e. The molecule has 3 rings (SSSR count). The summed E-state index contributed by atoms with van der Waals surface area (Å²) >= 11 is 0. The van der Waals surface area contributed by atoms with E-state index in [1.807, 2.05) is 30.3 Å². The van der Waals surface area contributed by atoms with Crippen LogP contribution in [0.5, 0.6) is 17.2 Å². The molecule has 0 saturated heterocycles. The first-order valence-corrected chi connectivity index (χ1v) is 10.6. The molecule has 0 radical (unpaired) electrons. The summed E-state index contributed by atoms with van der Waals surface area (Å²) in [6.45, 7) is -0.269. The zero-order valence-electron chi connectivity index (χ0n) is 16.6. The van der Waals surface area contributed by atoms with E-state index in [2.05, 4.69) is 5.32 Å². The Balaban J connectivity index is 1.59. The van der Waals surface area contributed by atoms with Crippen molar-refractivity contribution in [1.82, 2.24) is 4.31 Å². The van der Waals surface area contributed by atoms with Gasteiger partial charge in [0.05, 0.1) is 5.69 Å². The Kier molecular flexibility index (Phi) is 6.71. The lowest BCUT2D eigenvalue weighted by molar-refractivity contribution is -0.118. The van der Waals surface area contributed by atoms with Gasteiger partial charge < -0.3 is 14.8 Å². The second kappa shape index (κ2) is 9.43. The molecule has 1 N–H and O–H groups in total. The molecule has 30 heavy (non-hydrogen) atoms. The molecule has 0 spiro atoms. The third-order valence-electron chi connectivity index (χ3n) is 4.09. The van der Waals surface area contributed by atoms with Crippen LogP contribution in [0, 0.1) is 0 Å². The van der Waals surface area contributed by atoms with Crippen molar-refractivity contribution in [1.29, 1.82) is 0 Å². The Morgan fingerprint density at radius 2 is 1.40 bits per heavy atom. The standard InChI is InChI=1S/C22H22N2O5S/c1-24(2)30(26,27)21-11-7-6-10-20(21)23-22(25)16-28-17-12-14-19(15-13-17)29-18-8-4-3-5-9-18/h3-15H,16H2,1-2H3,(H,23,25). The average Bonchev–Trinajstić information content (AvgIpc) is 2.74. The molecule has 0 aromatic heterocycles. The highest BCUT2D eigenvalue weighted by atomic mass is 32.2. The number of nitrogens with zero attached hydrogens (tertiary/aromatic N) is 1. The van der Waals surface area contributed by atoms with Crippen molar-refractivity contribution in [3.63, 3.8) is 0 Å². The first kappa shape index (κ1) is 21.4. The Morgan fingerprint density at radius 1 is 0.833 bits per heavy atom. The van der Waals surface area contributed by atoms with Gasteiger partial charge in [-0.1, -0.05) is 30.3 Å². The van der Waals surface area contributed by atoms with E-state index in [1.165, 1.54) is 26.2 Å². The minimum absolute atomic E-state index is 0.0192. The van der Waals surface area contributed by atoms with Crippen molar-refractivity contribution in [3.8, 4) is 17.2 Å². The van der Waals surface area contributed by atoms with Gasteiger partial charge in [-0.3, -0.25) is 4.79 Å². The van der Waals surface area contributed by atoms with Crippen LogP contribution in [0.4, 0.5) is 5.69 Å². The maximum Gasteiger partial charge on any atom is 0.262 e. The van der Waals surface area contributed by atoms with Gasteiger partial charge in [-0.25, -0.2) is 12.7 Å². The number of benzene rings is 3. The highest BCUT2D eigenvalue weighted by Crippen LogP contribution is 2.25. The summed E-state index contributed by atoms with van der Waals surface area (Å²) in [5.74, 6) is 1.37. The number of hydrogen-bond acceptors (Lipinski definition) is 5. The summed E-state index contributed by atoms with van der Waals surface area (Å²) in [5.41, 5.74) is 0.200. The molecule has 3 aromatic carbocycles. The van der Waals surface area contributed by atoms with E-state index in [1.54, 1.807) is 36.4 Å². The van der Waals surface area contributed by atoms with Crippen molar-refractivity contribution in [2.24, 2.45) is 0 Å². The molecule has 0 fully saturated rings. The van der Waals surface area contributed by atoms with E-state index in [-0.39, 0.29) is 17.2 Å². The third kappa shape index (κ3) is 5.37. The topological polar surface area (TPSA) is 84.9 Å². The van der Waals surface area contributed by atoms with E-state index in [0.717, 1.165) is 10.1 Å². The number of nitrogens with one attached hydrogen (secondary N) is 1. The first-order valence-electron chi connectivity index (χ1n) is 9.13. The number of anilines is 1. The number of carbonyl (C=O) groups excluding carboxylic acids is 1. The number of para-hydroxylation sites is 2. The molecule has 0 aliphatic carbocycles. The summed E-state index contributed by atoms with van der Waals surface area (Å²) < 4.78 is 37.1. The zero-order chi connectivity index (χ0) is 21.6. The minimum atomic E-state index is -3.69. The Morgan fingerprint density at radius 3 is 2.07 bits per heavy atom. The molecule has 3 aromatic rings. The molecule has 7 nitrogen and oxygen atoms in total. The van der Waals surface area contributed by atoms with Gasteiger partial charge in [-0.05, 0) is 48.5 Å². The van der Waals surface area contributed by atoms with Gasteiger partial charge >= 0.3 is 0 Å². The predicted octanol–water partition coefficient (Wildman–Crippen LogP) is 3.75. The first-order chi connectivity index (χ1) is 14.4. The van der Waals surface area contributed by atoms with E-state index >= 15 is 0 Å². The fourth-order valence-electron chi connectivity index (χ4n) is 2.56. The molecule has 0 saturated carbocycles. The van der Waals surface area contributed by atoms with Crippen molar-refractivity contribution in [2.75, 3.05) is 26.0 Å². The zero-order valence-corrected chi connectivity index (χ0v) is 17.4. The number of ether oxygens (including phenoxy) is 2. The van der Waals surface area contributed by atoms with E-state index in [0.29, 0.717) is 11.5 Å². The van der Waals surface area contributed by atoms with Crippen LogP contribution in [0.1, 0.15) is 0 Å². The van der Waals surface area contributed by atoms with Crippen LogP contribution in [0.3, 0.4) is 0 Å². The second-order valence-electron chi connectivity index (χ2n) is 6.51. The number of sulfonamides is 1. The molecule has 0 unspecified atom stereocenters. The fourth-order valence-corrected chi connectivity index (χ4v) is 3.60. The molecule has 8 heteroatoms. The molecule has 1 amide bonds. The van der Waals surface area contributed by atoms with Gasteiger partial charge in [0, 0.05) is 14.1 Å². The molecule has 0 atom stereocenters. The maximum atomic E-state index is 12.4. The van der Waals surface area contributed by atoms with Gasteiger partial charge in [0.2, 0.25) is 10.0 Å². The van der Waals surface area contributed by atoms with Gasteiger partial charge in [-0.15, -0.1) is 0 Å². The normalized spacial score (nSPS) is 11.2. The minimum Gasteiger partial charge on any atom is -0.484 e. The number of rotatable bonds is 8. The quantitative estimate of drug-likeness (QED) is 0.593. The maximum absolute atomic E-state index is 12.4. The second-order valence-corrected chi connectivity index (χ2v) is 8.63. The van der Waals surface area contributed by atoms with Crippen LogP contribution in [-0.4, -0.2) is 39.3 Å². The third-order valence-corrected chi connectivity index (χ3v) is 5.97. The molecule has 0 heterocycles. The average molecular weight is 426 g/mol. The van der Waals surface area contributed by atoms with Crippen LogP contribution >= 0.6 is 0 Å². The van der Waals surface area contributed by atoms with Crippen molar-refractivity contribution < 1.29 is 22.7 Å². The van der Waals surface area contributed by atoms with Crippen molar-refractivity contribution >= 4 is 21.6 Å². The molecule has 156 valence electrons. The number of carbonyl (C=O) groups is 1. The SMILES string of the molecule is CN(C)S(=O)(=O)c1ccccc1NC(=O)COc1ccc(Oc2ccccc2)cc1. The lowest BCUT2D eigenvalue weighted by Gasteiger charge is -2.15. The molecular weight excluding hydrogens is 404 g/mol. The molecule has 0 aliphatic rings. The Bertz CT molecular complexity index is 1100. The lowest BCUT2D eigenvalue weighted by atomic mass is 10.3. The van der Waals surface area contributed by atoms with Gasteiger partial charge in [-0.2, -0.15) is 0 Å². The summed E-state index contributed by atoms with van der Waals surface area (Å²) in [4.78, 5) is 12.3. The van der Waals surface area contributed by atoms with Crippen molar-refractivity contribution in [2.45, 2.75) is 4.90 Å². The molecular formula is C22H22N2O5S. The van der Waals surface area contributed by atoms with E-state index < -0.39 is 15.9 Å².